The largest absolute Gasteiger partial charge is 0.484 e. The Morgan fingerprint density at radius 1 is 0.941 bits per heavy atom. The Labute approximate surface area is 202 Å². The van der Waals surface area contributed by atoms with Crippen molar-refractivity contribution in [1.82, 2.24) is 10.7 Å². The van der Waals surface area contributed by atoms with E-state index < -0.39 is 11.8 Å². The number of ether oxygens (including phenoxy) is 1. The average molecular weight is 479 g/mol. The predicted molar refractivity (Wildman–Crippen MR) is 131 cm³/mol. The van der Waals surface area contributed by atoms with E-state index in [1.54, 1.807) is 55.5 Å². The van der Waals surface area contributed by atoms with Crippen molar-refractivity contribution in [3.8, 4) is 5.75 Å². The number of hydrogen-bond acceptors (Lipinski definition) is 5. The summed E-state index contributed by atoms with van der Waals surface area (Å²) in [6, 6.07) is 22.6. The molecule has 3 amide bonds. The number of hydrazone groups is 1. The number of nitrogens with one attached hydrogen (secondary N) is 3. The highest BCUT2D eigenvalue weighted by Crippen LogP contribution is 2.20. The molecule has 3 aromatic carbocycles. The second-order valence-corrected chi connectivity index (χ2v) is 7.60. The predicted octanol–water partition coefficient (Wildman–Crippen LogP) is 3.69. The summed E-state index contributed by atoms with van der Waals surface area (Å²) in [6.07, 6.45) is 1.39. The Hall–Kier alpha value is -4.17. The third-order valence-corrected chi connectivity index (χ3v) is 4.96. The van der Waals surface area contributed by atoms with Crippen LogP contribution in [0.2, 0.25) is 5.02 Å². The van der Waals surface area contributed by atoms with Crippen LogP contribution in [0.4, 0.5) is 5.69 Å². The summed E-state index contributed by atoms with van der Waals surface area (Å²) in [5.41, 5.74) is 4.25. The Balaban J connectivity index is 1.42. The van der Waals surface area contributed by atoms with Crippen molar-refractivity contribution in [3.05, 3.63) is 95.0 Å². The minimum atomic E-state index is -0.872. The molecule has 0 saturated carbocycles. The van der Waals surface area contributed by atoms with Gasteiger partial charge in [0.15, 0.2) is 6.61 Å². The molecule has 3 aromatic rings. The highest BCUT2D eigenvalue weighted by atomic mass is 35.5. The zero-order valence-electron chi connectivity index (χ0n) is 18.3. The normalized spacial score (nSPS) is 11.5. The van der Waals surface area contributed by atoms with E-state index in [0.29, 0.717) is 22.0 Å². The second kappa shape index (κ2) is 12.2. The molecule has 174 valence electrons. The van der Waals surface area contributed by atoms with Gasteiger partial charge in [0.05, 0.1) is 23.0 Å². The molecule has 0 saturated heterocycles. The van der Waals surface area contributed by atoms with Gasteiger partial charge in [0.25, 0.3) is 5.91 Å². The lowest BCUT2D eigenvalue weighted by atomic mass is 10.1. The Kier molecular flexibility index (Phi) is 8.76. The van der Waals surface area contributed by atoms with E-state index in [2.05, 4.69) is 21.2 Å². The van der Waals surface area contributed by atoms with Crippen LogP contribution in [0.15, 0.2) is 84.0 Å². The number of nitrogens with zero attached hydrogens (tertiary/aromatic N) is 1. The molecule has 0 heterocycles. The van der Waals surface area contributed by atoms with Gasteiger partial charge in [0.1, 0.15) is 5.75 Å². The van der Waals surface area contributed by atoms with Crippen LogP contribution in [0.1, 0.15) is 24.1 Å². The van der Waals surface area contributed by atoms with E-state index in [4.69, 9.17) is 16.3 Å². The first-order valence-corrected chi connectivity index (χ1v) is 10.8. The van der Waals surface area contributed by atoms with Gasteiger partial charge in [-0.25, -0.2) is 5.43 Å². The van der Waals surface area contributed by atoms with Crippen LogP contribution >= 0.6 is 11.6 Å². The van der Waals surface area contributed by atoms with Crippen molar-refractivity contribution in [2.24, 2.45) is 5.10 Å². The Morgan fingerprint density at radius 3 is 2.32 bits per heavy atom. The van der Waals surface area contributed by atoms with Crippen LogP contribution in [-0.4, -0.2) is 30.5 Å². The number of hydrogen-bond donors (Lipinski definition) is 3. The summed E-state index contributed by atoms with van der Waals surface area (Å²) >= 11 is 6.01. The number of carbonyl (C=O) groups excluding carboxylic acids is 3. The first kappa shape index (κ1) is 24.5. The third kappa shape index (κ3) is 7.46. The lowest BCUT2D eigenvalue weighted by Crippen LogP contribution is -2.39. The summed E-state index contributed by atoms with van der Waals surface area (Å²) in [5.74, 6) is -1.53. The molecule has 0 spiro atoms. The highest BCUT2D eigenvalue weighted by Gasteiger charge is 2.16. The number of amides is 3. The molecule has 0 fully saturated rings. The van der Waals surface area contributed by atoms with Gasteiger partial charge in [-0.1, -0.05) is 54.1 Å². The number of benzene rings is 3. The molecule has 8 nitrogen and oxygen atoms in total. The highest BCUT2D eigenvalue weighted by molar-refractivity contribution is 6.35. The molecule has 0 bridgehead atoms. The molecule has 0 aliphatic heterocycles. The van der Waals surface area contributed by atoms with Crippen LogP contribution in [0.5, 0.6) is 5.75 Å². The molecule has 3 rings (SSSR count). The molecule has 9 heteroatoms. The maximum absolute atomic E-state index is 12.0. The van der Waals surface area contributed by atoms with Gasteiger partial charge >= 0.3 is 11.8 Å². The van der Waals surface area contributed by atoms with Crippen molar-refractivity contribution in [1.29, 1.82) is 0 Å². The van der Waals surface area contributed by atoms with E-state index in [9.17, 15) is 14.4 Å². The number of carbonyl (C=O) groups is 3. The minimum absolute atomic E-state index is 0.189. The van der Waals surface area contributed by atoms with Crippen molar-refractivity contribution in [3.63, 3.8) is 0 Å². The molecule has 3 N–H and O–H groups in total. The summed E-state index contributed by atoms with van der Waals surface area (Å²) in [7, 11) is 0. The van der Waals surface area contributed by atoms with Crippen LogP contribution in [0.25, 0.3) is 0 Å². The average Bonchev–Trinajstić information content (AvgIpc) is 2.85. The monoisotopic (exact) mass is 478 g/mol. The molecule has 0 radical (unpaired) electrons. The van der Waals surface area contributed by atoms with Gasteiger partial charge in [-0.15, -0.1) is 0 Å². The van der Waals surface area contributed by atoms with Crippen LogP contribution in [-0.2, 0) is 14.4 Å². The summed E-state index contributed by atoms with van der Waals surface area (Å²) < 4.78 is 5.46. The molecule has 0 aliphatic carbocycles. The summed E-state index contributed by atoms with van der Waals surface area (Å²) in [4.78, 5) is 36.0. The van der Waals surface area contributed by atoms with E-state index in [0.717, 1.165) is 5.56 Å². The molecular formula is C25H23ClN4O4. The minimum Gasteiger partial charge on any atom is -0.484 e. The van der Waals surface area contributed by atoms with E-state index in [-0.39, 0.29) is 18.6 Å². The van der Waals surface area contributed by atoms with Gasteiger partial charge in [-0.2, -0.15) is 5.10 Å². The second-order valence-electron chi connectivity index (χ2n) is 7.19. The van der Waals surface area contributed by atoms with Crippen LogP contribution < -0.4 is 20.8 Å². The van der Waals surface area contributed by atoms with E-state index in [1.165, 1.54) is 6.21 Å². The van der Waals surface area contributed by atoms with Gasteiger partial charge < -0.3 is 15.4 Å². The quantitative estimate of drug-likeness (QED) is 0.260. The zero-order valence-corrected chi connectivity index (χ0v) is 19.1. The number of anilines is 1. The maximum atomic E-state index is 12.0. The van der Waals surface area contributed by atoms with Gasteiger partial charge in [0, 0.05) is 0 Å². The zero-order chi connectivity index (χ0) is 24.3. The topological polar surface area (TPSA) is 109 Å². The number of halogens is 1. The van der Waals surface area contributed by atoms with Gasteiger partial charge in [0.2, 0.25) is 0 Å². The fourth-order valence-corrected chi connectivity index (χ4v) is 3.03. The van der Waals surface area contributed by atoms with Crippen molar-refractivity contribution >= 4 is 41.2 Å². The summed E-state index contributed by atoms with van der Waals surface area (Å²) in [5, 5.41) is 9.52. The van der Waals surface area contributed by atoms with Crippen molar-refractivity contribution in [2.75, 3.05) is 11.9 Å². The van der Waals surface area contributed by atoms with Crippen LogP contribution in [0.3, 0.4) is 0 Å². The fraction of sp³-hybridized carbons (Fsp3) is 0.120. The van der Waals surface area contributed by atoms with E-state index in [1.807, 2.05) is 30.3 Å². The van der Waals surface area contributed by atoms with Gasteiger partial charge in [-0.05, 0) is 54.4 Å². The maximum Gasteiger partial charge on any atom is 0.329 e. The third-order valence-electron chi connectivity index (χ3n) is 4.63. The van der Waals surface area contributed by atoms with E-state index >= 15 is 0 Å². The van der Waals surface area contributed by atoms with Gasteiger partial charge in [-0.3, -0.25) is 14.4 Å². The first-order valence-electron chi connectivity index (χ1n) is 10.4. The smallest absolute Gasteiger partial charge is 0.329 e. The van der Waals surface area contributed by atoms with Crippen molar-refractivity contribution < 1.29 is 19.1 Å². The summed E-state index contributed by atoms with van der Waals surface area (Å²) in [6.45, 7) is 1.60. The SMILES string of the molecule is C[C@@H](NC(=O)C(=O)N/N=C\c1ccc(OCC(=O)Nc2ccccc2Cl)cc1)c1ccccc1. The molecule has 0 aliphatic rings. The first-order chi connectivity index (χ1) is 16.4. The lowest BCUT2D eigenvalue weighted by molar-refractivity contribution is -0.139. The Morgan fingerprint density at radius 2 is 1.62 bits per heavy atom. The molecular weight excluding hydrogens is 456 g/mol. The standard InChI is InChI=1S/C25H23ClN4O4/c1-17(19-7-3-2-4-8-19)28-24(32)25(33)30-27-15-18-11-13-20(14-12-18)34-16-23(31)29-22-10-6-5-9-21(22)26/h2-15,17H,16H2,1H3,(H,28,32)(H,29,31)(H,30,33)/b27-15-/t17-/m1/s1. The molecule has 0 unspecified atom stereocenters. The number of rotatable bonds is 8. The lowest BCUT2D eigenvalue weighted by Gasteiger charge is -2.13. The molecule has 34 heavy (non-hydrogen) atoms. The van der Waals surface area contributed by atoms with Crippen LogP contribution in [0, 0.1) is 0 Å². The van der Waals surface area contributed by atoms with Crippen molar-refractivity contribution in [2.45, 2.75) is 13.0 Å². The number of para-hydroxylation sites is 1. The fourth-order valence-electron chi connectivity index (χ4n) is 2.85. The molecule has 0 aromatic heterocycles. The Bertz CT molecular complexity index is 1170. The molecule has 1 atom stereocenters.